The summed E-state index contributed by atoms with van der Waals surface area (Å²) in [6.45, 7) is 11.4. The molecule has 0 saturated heterocycles. The first-order valence-electron chi connectivity index (χ1n) is 8.43. The molecule has 6 heteroatoms. The maximum absolute atomic E-state index is 10.8. The Labute approximate surface area is 140 Å². The normalized spacial score (nSPS) is 26.3. The first-order valence-corrected chi connectivity index (χ1v) is 11.3. The Morgan fingerprint density at radius 3 is 2.65 bits per heavy atom. The summed E-state index contributed by atoms with van der Waals surface area (Å²) < 4.78 is 6.19. The third-order valence-corrected chi connectivity index (χ3v) is 9.80. The van der Waals surface area contributed by atoms with Gasteiger partial charge in [-0.2, -0.15) is 0 Å². The van der Waals surface area contributed by atoms with Crippen LogP contribution in [0.2, 0.25) is 18.1 Å². The molecule has 0 amide bonds. The molecule has 2 rings (SSSR count). The van der Waals surface area contributed by atoms with Crippen LogP contribution in [0, 0.1) is 0 Å². The van der Waals surface area contributed by atoms with Crippen LogP contribution in [0.1, 0.15) is 58.0 Å². The fraction of sp³-hybridized carbons (Fsp3) is 0.765. The second-order valence-corrected chi connectivity index (χ2v) is 12.9. The summed E-state index contributed by atoms with van der Waals surface area (Å²) in [7, 11) is -1.85. The number of nitrogens with zero attached hydrogens (tertiary/aromatic N) is 2. The maximum atomic E-state index is 10.8. The van der Waals surface area contributed by atoms with Gasteiger partial charge in [-0.05, 0) is 43.5 Å². The van der Waals surface area contributed by atoms with Crippen molar-refractivity contribution in [2.75, 3.05) is 0 Å². The molecule has 1 aromatic rings. The van der Waals surface area contributed by atoms with Crippen LogP contribution in [0.3, 0.4) is 0 Å². The molecule has 5 nitrogen and oxygen atoms in total. The molecule has 1 aliphatic rings. The number of hydrogen-bond acceptors (Lipinski definition) is 5. The van der Waals surface area contributed by atoms with Crippen LogP contribution in [0.15, 0.2) is 12.3 Å². The number of aliphatic hydroxyl groups excluding tert-OH is 1. The molecule has 0 unspecified atom stereocenters. The Hall–Kier alpha value is -0.823. The zero-order valence-corrected chi connectivity index (χ0v) is 16.0. The highest BCUT2D eigenvalue weighted by Gasteiger charge is 2.42. The van der Waals surface area contributed by atoms with Crippen molar-refractivity contribution in [2.24, 2.45) is 0 Å². The van der Waals surface area contributed by atoms with Crippen LogP contribution in [0.4, 0.5) is 0 Å². The molecule has 1 aliphatic carbocycles. The van der Waals surface area contributed by atoms with Crippen molar-refractivity contribution in [1.29, 1.82) is 0 Å². The molecule has 1 saturated carbocycles. The van der Waals surface area contributed by atoms with E-state index in [4.69, 9.17) is 4.43 Å². The Kier molecular flexibility index (Phi) is 5.30. The maximum Gasteiger partial charge on any atom is 0.192 e. The van der Waals surface area contributed by atoms with E-state index in [1.807, 2.05) is 6.07 Å². The molecule has 2 N–H and O–H groups in total. The summed E-state index contributed by atoms with van der Waals surface area (Å²) in [5.74, 6) is 0.320. The van der Waals surface area contributed by atoms with Crippen molar-refractivity contribution < 1.29 is 14.6 Å². The monoisotopic (exact) mass is 338 g/mol. The van der Waals surface area contributed by atoms with Crippen molar-refractivity contribution >= 4 is 8.32 Å². The lowest BCUT2D eigenvalue weighted by atomic mass is 9.81. The van der Waals surface area contributed by atoms with Crippen LogP contribution < -0.4 is 0 Å². The molecule has 130 valence electrons. The Bertz CT molecular complexity index is 545. The zero-order chi connectivity index (χ0) is 17.3. The Balaban J connectivity index is 2.14. The summed E-state index contributed by atoms with van der Waals surface area (Å²) in [5, 5.41) is 21.1. The minimum Gasteiger partial charge on any atom is -0.411 e. The Morgan fingerprint density at radius 1 is 1.35 bits per heavy atom. The van der Waals surface area contributed by atoms with Gasteiger partial charge in [0.05, 0.1) is 18.4 Å². The van der Waals surface area contributed by atoms with E-state index in [1.54, 1.807) is 6.20 Å². The lowest BCUT2D eigenvalue weighted by molar-refractivity contribution is -0.111. The first-order chi connectivity index (χ1) is 10.6. The molecule has 0 aromatic carbocycles. The van der Waals surface area contributed by atoms with Gasteiger partial charge in [-0.25, -0.2) is 9.97 Å². The van der Waals surface area contributed by atoms with Gasteiger partial charge >= 0.3 is 0 Å². The van der Waals surface area contributed by atoms with Crippen molar-refractivity contribution in [1.82, 2.24) is 9.97 Å². The predicted molar refractivity (Wildman–Crippen MR) is 92.4 cm³/mol. The van der Waals surface area contributed by atoms with Crippen molar-refractivity contribution in [3.8, 4) is 0 Å². The number of hydrogen-bond donors (Lipinski definition) is 2. The van der Waals surface area contributed by atoms with Crippen LogP contribution in [-0.4, -0.2) is 34.6 Å². The predicted octanol–water partition coefficient (Wildman–Crippen LogP) is 3.12. The molecule has 0 aliphatic heterocycles. The molecule has 0 spiro atoms. The summed E-state index contributed by atoms with van der Waals surface area (Å²) in [4.78, 5) is 8.69. The summed E-state index contributed by atoms with van der Waals surface area (Å²) in [5.41, 5.74) is -0.573. The minimum atomic E-state index is -1.85. The molecule has 1 heterocycles. The number of aliphatic hydroxyl groups is 2. The largest absolute Gasteiger partial charge is 0.411 e. The molecule has 2 atom stereocenters. The average molecular weight is 339 g/mol. The van der Waals surface area contributed by atoms with Gasteiger partial charge < -0.3 is 14.6 Å². The fourth-order valence-corrected chi connectivity index (χ4v) is 3.50. The van der Waals surface area contributed by atoms with Gasteiger partial charge in [0.15, 0.2) is 14.1 Å². The van der Waals surface area contributed by atoms with Crippen molar-refractivity contribution in [3.63, 3.8) is 0 Å². The van der Waals surface area contributed by atoms with E-state index >= 15 is 0 Å². The highest BCUT2D eigenvalue weighted by molar-refractivity contribution is 6.74. The quantitative estimate of drug-likeness (QED) is 0.825. The Morgan fingerprint density at radius 2 is 2.04 bits per heavy atom. The van der Waals surface area contributed by atoms with E-state index in [-0.39, 0.29) is 5.04 Å². The first kappa shape index (κ1) is 18.5. The van der Waals surface area contributed by atoms with Crippen molar-refractivity contribution in [2.45, 2.75) is 82.9 Å². The van der Waals surface area contributed by atoms with E-state index in [0.29, 0.717) is 25.3 Å². The number of rotatable bonds is 4. The van der Waals surface area contributed by atoms with Crippen LogP contribution in [0.25, 0.3) is 0 Å². The van der Waals surface area contributed by atoms with Crippen molar-refractivity contribution in [3.05, 3.63) is 23.8 Å². The van der Waals surface area contributed by atoms with Gasteiger partial charge in [0, 0.05) is 6.20 Å². The second kappa shape index (κ2) is 6.59. The van der Waals surface area contributed by atoms with E-state index in [2.05, 4.69) is 43.8 Å². The topological polar surface area (TPSA) is 75.5 Å². The van der Waals surface area contributed by atoms with E-state index < -0.39 is 20.0 Å². The molecular weight excluding hydrogens is 308 g/mol. The van der Waals surface area contributed by atoms with E-state index in [1.165, 1.54) is 0 Å². The van der Waals surface area contributed by atoms with Gasteiger partial charge in [0.1, 0.15) is 5.60 Å². The second-order valence-electron chi connectivity index (χ2n) is 8.11. The highest BCUT2D eigenvalue weighted by Crippen LogP contribution is 2.37. The van der Waals surface area contributed by atoms with Gasteiger partial charge in [-0.15, -0.1) is 0 Å². The lowest BCUT2D eigenvalue weighted by Gasteiger charge is -2.36. The average Bonchev–Trinajstić information content (AvgIpc) is 2.47. The van der Waals surface area contributed by atoms with E-state index in [9.17, 15) is 10.2 Å². The molecule has 0 radical (unpaired) electrons. The molecular formula is C17H30N2O3Si. The standard InChI is InChI=1S/C17H30N2O3Si/c1-16(2,3)23(4,5)22-12-13-9-11-18-15(19-13)17(21)10-7-6-8-14(17)20/h9,11,14,20-21H,6-8,10,12H2,1-5H3/t14-,17+/m1/s1. The van der Waals surface area contributed by atoms with Gasteiger partial charge in [0.25, 0.3) is 0 Å². The van der Waals surface area contributed by atoms with E-state index in [0.717, 1.165) is 18.5 Å². The third-order valence-electron chi connectivity index (χ3n) is 5.32. The molecule has 23 heavy (non-hydrogen) atoms. The van der Waals surface area contributed by atoms with Gasteiger partial charge in [-0.3, -0.25) is 0 Å². The third kappa shape index (κ3) is 3.99. The van der Waals surface area contributed by atoms with Gasteiger partial charge in [0.2, 0.25) is 0 Å². The minimum absolute atomic E-state index is 0.140. The summed E-state index contributed by atoms with van der Waals surface area (Å²) >= 11 is 0. The zero-order valence-electron chi connectivity index (χ0n) is 15.0. The lowest BCUT2D eigenvalue weighted by Crippen LogP contribution is -2.44. The van der Waals surface area contributed by atoms with Crippen LogP contribution in [-0.2, 0) is 16.6 Å². The molecule has 1 fully saturated rings. The summed E-state index contributed by atoms with van der Waals surface area (Å²) in [6, 6.07) is 1.81. The van der Waals surface area contributed by atoms with Gasteiger partial charge in [-0.1, -0.05) is 27.2 Å². The van der Waals surface area contributed by atoms with Crippen LogP contribution in [0.5, 0.6) is 0 Å². The molecule has 0 bridgehead atoms. The fourth-order valence-electron chi connectivity index (χ4n) is 2.55. The smallest absolute Gasteiger partial charge is 0.192 e. The number of aromatic nitrogens is 2. The highest BCUT2D eigenvalue weighted by atomic mass is 28.4. The SMILES string of the molecule is CC(C)(C)[Si](C)(C)OCc1ccnc([C@]2(O)CCCC[C@H]2O)n1. The summed E-state index contributed by atoms with van der Waals surface area (Å²) in [6.07, 6.45) is 3.74. The van der Waals surface area contributed by atoms with Crippen LogP contribution >= 0.6 is 0 Å². The molecule has 1 aromatic heterocycles.